The van der Waals surface area contributed by atoms with E-state index in [0.717, 1.165) is 0 Å². The summed E-state index contributed by atoms with van der Waals surface area (Å²) in [5.41, 5.74) is 0.426. The van der Waals surface area contributed by atoms with Crippen molar-refractivity contribution in [3.8, 4) is 5.75 Å². The second kappa shape index (κ2) is 6.69. The van der Waals surface area contributed by atoms with Crippen molar-refractivity contribution < 1.29 is 19.6 Å². The predicted molar refractivity (Wildman–Crippen MR) is 68.4 cm³/mol. The van der Waals surface area contributed by atoms with E-state index >= 15 is 0 Å². The van der Waals surface area contributed by atoms with Crippen molar-refractivity contribution in [3.63, 3.8) is 0 Å². The van der Waals surface area contributed by atoms with Gasteiger partial charge in [-0.15, -0.1) is 0 Å². The minimum absolute atomic E-state index is 0.108. The van der Waals surface area contributed by atoms with Crippen molar-refractivity contribution in [1.82, 2.24) is 5.32 Å². The fourth-order valence-electron chi connectivity index (χ4n) is 1.60. The zero-order valence-corrected chi connectivity index (χ0v) is 10.8. The molecule has 7 heteroatoms. The first kappa shape index (κ1) is 14.9. The van der Waals surface area contributed by atoms with Gasteiger partial charge in [0.05, 0.1) is 4.92 Å². The molecule has 0 amide bonds. The number of ether oxygens (including phenoxy) is 1. The molecule has 1 atom stereocenters. The predicted octanol–water partition coefficient (Wildman–Crippen LogP) is 1.34. The van der Waals surface area contributed by atoms with E-state index in [0.29, 0.717) is 12.1 Å². The number of nitrogens with one attached hydrogen (secondary N) is 1. The van der Waals surface area contributed by atoms with Gasteiger partial charge in [-0.3, -0.25) is 14.9 Å². The summed E-state index contributed by atoms with van der Waals surface area (Å²) < 4.78 is 5.32. The summed E-state index contributed by atoms with van der Waals surface area (Å²) >= 11 is 0. The maximum Gasteiger partial charge on any atom is 0.324 e. The lowest BCUT2D eigenvalue weighted by Gasteiger charge is -2.15. The Hall–Kier alpha value is -2.15. The van der Waals surface area contributed by atoms with E-state index in [1.807, 2.05) is 0 Å². The van der Waals surface area contributed by atoms with Crippen molar-refractivity contribution in [3.05, 3.63) is 33.9 Å². The van der Waals surface area contributed by atoms with E-state index in [1.165, 1.54) is 6.07 Å². The van der Waals surface area contributed by atoms with E-state index in [1.54, 1.807) is 26.0 Å². The fraction of sp³-hybridized carbons (Fsp3) is 0.417. The molecule has 0 heterocycles. The molecule has 0 aliphatic heterocycles. The fourth-order valence-corrected chi connectivity index (χ4v) is 1.60. The SMILES string of the molecule is CCNC(COc1c(C)cccc1[N+](=O)[O-])C(=O)O. The van der Waals surface area contributed by atoms with Crippen LogP contribution in [0.3, 0.4) is 0 Å². The molecule has 19 heavy (non-hydrogen) atoms. The van der Waals surface area contributed by atoms with Crippen molar-refractivity contribution in [2.45, 2.75) is 19.9 Å². The van der Waals surface area contributed by atoms with Gasteiger partial charge in [0.1, 0.15) is 12.6 Å². The molecule has 1 unspecified atom stereocenters. The highest BCUT2D eigenvalue weighted by atomic mass is 16.6. The average molecular weight is 268 g/mol. The highest BCUT2D eigenvalue weighted by Crippen LogP contribution is 2.30. The molecule has 7 nitrogen and oxygen atoms in total. The number of rotatable bonds is 7. The third-order valence-corrected chi connectivity index (χ3v) is 2.53. The maximum atomic E-state index is 10.9. The van der Waals surface area contributed by atoms with E-state index in [-0.39, 0.29) is 18.0 Å². The van der Waals surface area contributed by atoms with Crippen LogP contribution in [0, 0.1) is 17.0 Å². The zero-order valence-electron chi connectivity index (χ0n) is 10.8. The summed E-state index contributed by atoms with van der Waals surface area (Å²) in [6.07, 6.45) is 0. The number of aliphatic carboxylic acids is 1. The highest BCUT2D eigenvalue weighted by molar-refractivity contribution is 5.73. The van der Waals surface area contributed by atoms with Crippen LogP contribution in [0.1, 0.15) is 12.5 Å². The van der Waals surface area contributed by atoms with E-state index < -0.39 is 16.9 Å². The summed E-state index contributed by atoms with van der Waals surface area (Å²) in [6.45, 7) is 3.74. The molecule has 1 aromatic rings. The molecule has 0 saturated heterocycles. The standard InChI is InChI=1S/C12H16N2O5/c1-3-13-9(12(15)16)7-19-11-8(2)5-4-6-10(11)14(17)18/h4-6,9,13H,3,7H2,1-2H3,(H,15,16). The quantitative estimate of drug-likeness (QED) is 0.571. The van der Waals surface area contributed by atoms with Gasteiger partial charge in [-0.2, -0.15) is 0 Å². The lowest BCUT2D eigenvalue weighted by atomic mass is 10.2. The molecule has 0 aliphatic carbocycles. The van der Waals surface area contributed by atoms with E-state index in [9.17, 15) is 14.9 Å². The van der Waals surface area contributed by atoms with Crippen molar-refractivity contribution in [2.75, 3.05) is 13.2 Å². The van der Waals surface area contributed by atoms with Crippen LogP contribution in [0.4, 0.5) is 5.69 Å². The van der Waals surface area contributed by atoms with Crippen LogP contribution in [0.15, 0.2) is 18.2 Å². The number of nitro benzene ring substituents is 1. The number of hydrogen-bond donors (Lipinski definition) is 2. The second-order valence-electron chi connectivity index (χ2n) is 3.94. The number of hydrogen-bond acceptors (Lipinski definition) is 5. The van der Waals surface area contributed by atoms with Gasteiger partial charge in [0.25, 0.3) is 0 Å². The van der Waals surface area contributed by atoms with Gasteiger partial charge in [0.2, 0.25) is 0 Å². The molecule has 0 aromatic heterocycles. The van der Waals surface area contributed by atoms with Gasteiger partial charge < -0.3 is 15.2 Å². The van der Waals surface area contributed by atoms with Crippen LogP contribution in [0.25, 0.3) is 0 Å². The van der Waals surface area contributed by atoms with Crippen LogP contribution >= 0.6 is 0 Å². The number of para-hydroxylation sites is 1. The highest BCUT2D eigenvalue weighted by Gasteiger charge is 2.21. The summed E-state index contributed by atoms with van der Waals surface area (Å²) in [7, 11) is 0. The zero-order chi connectivity index (χ0) is 14.4. The minimum atomic E-state index is -1.06. The van der Waals surface area contributed by atoms with Crippen LogP contribution in [-0.4, -0.2) is 35.2 Å². The molecular formula is C12H16N2O5. The second-order valence-corrected chi connectivity index (χ2v) is 3.94. The maximum absolute atomic E-state index is 10.9. The molecule has 0 saturated carbocycles. The van der Waals surface area contributed by atoms with E-state index in [4.69, 9.17) is 9.84 Å². The third kappa shape index (κ3) is 3.92. The number of carbonyl (C=O) groups is 1. The number of nitro groups is 1. The van der Waals surface area contributed by atoms with Crippen molar-refractivity contribution >= 4 is 11.7 Å². The molecule has 2 N–H and O–H groups in total. The first-order chi connectivity index (χ1) is 8.97. The molecule has 0 aliphatic rings. The van der Waals surface area contributed by atoms with Crippen LogP contribution in [0.5, 0.6) is 5.75 Å². The minimum Gasteiger partial charge on any atom is -0.484 e. The number of aryl methyl sites for hydroxylation is 1. The topological polar surface area (TPSA) is 102 Å². The Morgan fingerprint density at radius 1 is 1.58 bits per heavy atom. The molecule has 1 rings (SSSR count). The Balaban J connectivity index is 2.87. The normalized spacial score (nSPS) is 11.9. The Kier molecular flexibility index (Phi) is 5.25. The molecule has 0 fully saturated rings. The summed E-state index contributed by atoms with van der Waals surface area (Å²) in [6, 6.07) is 3.65. The Morgan fingerprint density at radius 3 is 2.79 bits per heavy atom. The lowest BCUT2D eigenvalue weighted by Crippen LogP contribution is -2.41. The Morgan fingerprint density at radius 2 is 2.26 bits per heavy atom. The third-order valence-electron chi connectivity index (χ3n) is 2.53. The van der Waals surface area contributed by atoms with Gasteiger partial charge in [-0.1, -0.05) is 19.1 Å². The molecular weight excluding hydrogens is 252 g/mol. The van der Waals surface area contributed by atoms with Crippen LogP contribution in [0.2, 0.25) is 0 Å². The van der Waals surface area contributed by atoms with Gasteiger partial charge in [-0.05, 0) is 19.0 Å². The average Bonchev–Trinajstić information content (AvgIpc) is 2.34. The van der Waals surface area contributed by atoms with E-state index in [2.05, 4.69) is 5.32 Å². The number of carboxylic acid groups (broad SMARTS) is 1. The molecule has 104 valence electrons. The summed E-state index contributed by atoms with van der Waals surface area (Å²) in [4.78, 5) is 21.3. The smallest absolute Gasteiger partial charge is 0.324 e. The van der Waals surface area contributed by atoms with Gasteiger partial charge >= 0.3 is 11.7 Å². The van der Waals surface area contributed by atoms with Gasteiger partial charge in [0.15, 0.2) is 5.75 Å². The Bertz CT molecular complexity index is 475. The molecule has 1 aromatic carbocycles. The van der Waals surface area contributed by atoms with Crippen molar-refractivity contribution in [1.29, 1.82) is 0 Å². The first-order valence-electron chi connectivity index (χ1n) is 5.80. The first-order valence-corrected chi connectivity index (χ1v) is 5.80. The monoisotopic (exact) mass is 268 g/mol. The summed E-state index contributed by atoms with van der Waals surface area (Å²) in [5, 5.41) is 22.6. The number of carboxylic acids is 1. The number of nitrogens with zero attached hydrogens (tertiary/aromatic N) is 1. The largest absolute Gasteiger partial charge is 0.484 e. The van der Waals surface area contributed by atoms with Crippen LogP contribution in [-0.2, 0) is 4.79 Å². The molecule has 0 spiro atoms. The Labute approximate surface area is 110 Å². The van der Waals surface area contributed by atoms with Crippen LogP contribution < -0.4 is 10.1 Å². The molecule has 0 bridgehead atoms. The van der Waals surface area contributed by atoms with Gasteiger partial charge in [-0.25, -0.2) is 0 Å². The lowest BCUT2D eigenvalue weighted by molar-refractivity contribution is -0.385. The molecule has 0 radical (unpaired) electrons. The van der Waals surface area contributed by atoms with Gasteiger partial charge in [0, 0.05) is 6.07 Å². The number of benzene rings is 1. The number of likely N-dealkylation sites (N-methyl/N-ethyl adjacent to an activating group) is 1. The van der Waals surface area contributed by atoms with Crippen molar-refractivity contribution in [2.24, 2.45) is 0 Å². The summed E-state index contributed by atoms with van der Waals surface area (Å²) in [5.74, 6) is -0.949.